The maximum absolute atomic E-state index is 12.9. The predicted octanol–water partition coefficient (Wildman–Crippen LogP) is 3.72. The fraction of sp³-hybridized carbons (Fsp3) is 0.211. The Balaban J connectivity index is 1.89. The zero-order valence-electron chi connectivity index (χ0n) is 14.1. The van der Waals surface area contributed by atoms with Crippen molar-refractivity contribution in [2.45, 2.75) is 6.42 Å². The van der Waals surface area contributed by atoms with Crippen molar-refractivity contribution in [3.8, 4) is 5.75 Å². The average Bonchev–Trinajstić information content (AvgIpc) is 2.66. The van der Waals surface area contributed by atoms with Gasteiger partial charge < -0.3 is 9.64 Å². The number of rotatable bonds is 5. The first-order valence-corrected chi connectivity index (χ1v) is 8.66. The summed E-state index contributed by atoms with van der Waals surface area (Å²) in [5.74, 6) is 0.600. The van der Waals surface area contributed by atoms with Crippen LogP contribution in [0.4, 0.5) is 0 Å². The molecule has 0 radical (unpaired) electrons. The van der Waals surface area contributed by atoms with Gasteiger partial charge in [-0.15, -0.1) is 0 Å². The molecule has 0 unspecified atom stereocenters. The molecule has 128 valence electrons. The Morgan fingerprint density at radius 2 is 1.92 bits per heavy atom. The topological polar surface area (TPSA) is 55.3 Å². The number of fused-ring (bicyclic) bond motifs is 1. The lowest BCUT2D eigenvalue weighted by Gasteiger charge is -2.18. The highest BCUT2D eigenvalue weighted by Gasteiger charge is 2.19. The number of benzene rings is 1. The largest absolute Gasteiger partial charge is 0.496 e. The van der Waals surface area contributed by atoms with Gasteiger partial charge in [0, 0.05) is 47.4 Å². The molecule has 3 aromatic rings. The van der Waals surface area contributed by atoms with Crippen LogP contribution >= 0.6 is 15.9 Å². The van der Waals surface area contributed by atoms with Crippen molar-refractivity contribution in [1.82, 2.24) is 14.9 Å². The number of aromatic nitrogens is 2. The lowest BCUT2D eigenvalue weighted by Crippen LogP contribution is -2.29. The van der Waals surface area contributed by atoms with E-state index in [1.807, 2.05) is 30.3 Å². The summed E-state index contributed by atoms with van der Waals surface area (Å²) in [7, 11) is 3.41. The maximum atomic E-state index is 12.9. The number of carbonyl (C=O) groups is 1. The highest BCUT2D eigenvalue weighted by Crippen LogP contribution is 2.33. The fourth-order valence-electron chi connectivity index (χ4n) is 2.70. The van der Waals surface area contributed by atoms with Crippen LogP contribution in [0.5, 0.6) is 5.75 Å². The molecular formula is C19H18BrN3O2. The second-order valence-electron chi connectivity index (χ2n) is 5.66. The molecule has 25 heavy (non-hydrogen) atoms. The number of likely N-dealkylation sites (N-methyl/N-ethyl adjacent to an activating group) is 1. The summed E-state index contributed by atoms with van der Waals surface area (Å²) in [5.41, 5.74) is 1.56. The molecule has 3 rings (SSSR count). The molecule has 1 amide bonds. The van der Waals surface area contributed by atoms with Gasteiger partial charge in [-0.2, -0.15) is 0 Å². The third-order valence-electron chi connectivity index (χ3n) is 4.09. The summed E-state index contributed by atoms with van der Waals surface area (Å²) in [6, 6.07) is 9.50. The van der Waals surface area contributed by atoms with Crippen molar-refractivity contribution in [2.24, 2.45) is 0 Å². The number of halogens is 1. The molecule has 2 heterocycles. The van der Waals surface area contributed by atoms with E-state index in [2.05, 4.69) is 25.9 Å². The molecule has 0 fully saturated rings. The van der Waals surface area contributed by atoms with Crippen LogP contribution in [0.1, 0.15) is 16.1 Å². The second-order valence-corrected chi connectivity index (χ2v) is 6.52. The van der Waals surface area contributed by atoms with Gasteiger partial charge in [0.2, 0.25) is 0 Å². The maximum Gasteiger partial charge on any atom is 0.272 e. The molecule has 1 aromatic carbocycles. The van der Waals surface area contributed by atoms with Crippen LogP contribution in [-0.2, 0) is 6.42 Å². The van der Waals surface area contributed by atoms with Crippen LogP contribution in [0, 0.1) is 0 Å². The Labute approximate surface area is 154 Å². The zero-order valence-corrected chi connectivity index (χ0v) is 15.7. The number of pyridine rings is 2. The SMILES string of the molecule is COc1ccc(Br)c2c(C(=O)N(C)CCc3ccncc3)nccc12. The highest BCUT2D eigenvalue weighted by molar-refractivity contribution is 9.10. The van der Waals surface area contributed by atoms with Gasteiger partial charge >= 0.3 is 0 Å². The number of hydrogen-bond acceptors (Lipinski definition) is 4. The number of ether oxygens (including phenoxy) is 1. The van der Waals surface area contributed by atoms with Crippen LogP contribution in [-0.4, -0.2) is 41.5 Å². The summed E-state index contributed by atoms with van der Waals surface area (Å²) < 4.78 is 6.23. The average molecular weight is 400 g/mol. The first-order valence-electron chi connectivity index (χ1n) is 7.87. The monoisotopic (exact) mass is 399 g/mol. The van der Waals surface area contributed by atoms with Gasteiger partial charge in [0.1, 0.15) is 11.4 Å². The summed E-state index contributed by atoms with van der Waals surface area (Å²) in [6.07, 6.45) is 5.92. The van der Waals surface area contributed by atoms with E-state index in [1.165, 1.54) is 0 Å². The number of hydrogen-bond donors (Lipinski definition) is 0. The van der Waals surface area contributed by atoms with Crippen molar-refractivity contribution in [3.05, 3.63) is 64.7 Å². The molecule has 6 heteroatoms. The standard InChI is InChI=1S/C19H18BrN3O2/c1-23(12-8-13-5-9-21-10-6-13)19(24)18-17-14(7-11-22-18)16(25-2)4-3-15(17)20/h3-7,9-11H,8,12H2,1-2H3. The van der Waals surface area contributed by atoms with Gasteiger partial charge in [0.15, 0.2) is 0 Å². The lowest BCUT2D eigenvalue weighted by atomic mass is 10.1. The zero-order chi connectivity index (χ0) is 17.8. The molecule has 0 bridgehead atoms. The first kappa shape index (κ1) is 17.4. The van der Waals surface area contributed by atoms with Crippen molar-refractivity contribution in [1.29, 1.82) is 0 Å². The smallest absolute Gasteiger partial charge is 0.272 e. The Kier molecular flexibility index (Phi) is 5.28. The molecule has 0 aliphatic rings. The van der Waals surface area contributed by atoms with Crippen molar-refractivity contribution in [2.75, 3.05) is 20.7 Å². The van der Waals surface area contributed by atoms with Crippen LogP contribution in [0.15, 0.2) is 53.4 Å². The number of methoxy groups -OCH3 is 1. The van der Waals surface area contributed by atoms with Gasteiger partial charge in [-0.25, -0.2) is 0 Å². The van der Waals surface area contributed by atoms with Gasteiger partial charge in [0.05, 0.1) is 7.11 Å². The van der Waals surface area contributed by atoms with Crippen LogP contribution in [0.25, 0.3) is 10.8 Å². The molecule has 0 atom stereocenters. The molecule has 5 nitrogen and oxygen atoms in total. The third kappa shape index (κ3) is 3.64. The summed E-state index contributed by atoms with van der Waals surface area (Å²) in [5, 5.41) is 1.63. The van der Waals surface area contributed by atoms with E-state index in [0.717, 1.165) is 27.2 Å². The summed E-state index contributed by atoms with van der Waals surface area (Å²) in [4.78, 5) is 22.9. The van der Waals surface area contributed by atoms with Gasteiger partial charge in [0.25, 0.3) is 5.91 Å². The Bertz CT molecular complexity index is 900. The number of carbonyl (C=O) groups excluding carboxylic acids is 1. The van der Waals surface area contributed by atoms with E-state index in [0.29, 0.717) is 18.0 Å². The van der Waals surface area contributed by atoms with E-state index in [1.54, 1.807) is 37.6 Å². The molecule has 0 spiro atoms. The molecule has 0 N–H and O–H groups in total. The fourth-order valence-corrected chi connectivity index (χ4v) is 3.23. The minimum Gasteiger partial charge on any atom is -0.496 e. The second kappa shape index (κ2) is 7.61. The minimum atomic E-state index is -0.117. The van der Waals surface area contributed by atoms with Crippen LogP contribution in [0.3, 0.4) is 0 Å². The van der Waals surface area contributed by atoms with E-state index < -0.39 is 0 Å². The Hall–Kier alpha value is -2.47. The van der Waals surface area contributed by atoms with E-state index in [4.69, 9.17) is 4.74 Å². The Morgan fingerprint density at radius 1 is 1.16 bits per heavy atom. The third-order valence-corrected chi connectivity index (χ3v) is 4.75. The van der Waals surface area contributed by atoms with Crippen LogP contribution in [0.2, 0.25) is 0 Å². The highest BCUT2D eigenvalue weighted by atomic mass is 79.9. The lowest BCUT2D eigenvalue weighted by molar-refractivity contribution is 0.0793. The predicted molar refractivity (Wildman–Crippen MR) is 101 cm³/mol. The first-order chi connectivity index (χ1) is 12.1. The van der Waals surface area contributed by atoms with Crippen molar-refractivity contribution in [3.63, 3.8) is 0 Å². The number of nitrogens with zero attached hydrogens (tertiary/aromatic N) is 3. The van der Waals surface area contributed by atoms with E-state index >= 15 is 0 Å². The molecule has 0 saturated carbocycles. The molecule has 0 saturated heterocycles. The molecular weight excluding hydrogens is 382 g/mol. The van der Waals surface area contributed by atoms with Gasteiger partial charge in [-0.3, -0.25) is 14.8 Å². The van der Waals surface area contributed by atoms with Crippen LogP contribution < -0.4 is 4.74 Å². The number of amides is 1. The van der Waals surface area contributed by atoms with Gasteiger partial charge in [-0.05, 0) is 42.3 Å². The van der Waals surface area contributed by atoms with Gasteiger partial charge in [-0.1, -0.05) is 15.9 Å². The van der Waals surface area contributed by atoms with Crippen molar-refractivity contribution >= 4 is 32.6 Å². The van der Waals surface area contributed by atoms with Crippen molar-refractivity contribution < 1.29 is 9.53 Å². The summed E-state index contributed by atoms with van der Waals surface area (Å²) >= 11 is 3.53. The van der Waals surface area contributed by atoms with E-state index in [-0.39, 0.29) is 5.91 Å². The summed E-state index contributed by atoms with van der Waals surface area (Å²) in [6.45, 7) is 0.600. The molecule has 0 aliphatic heterocycles. The quantitative estimate of drug-likeness (QED) is 0.655. The minimum absolute atomic E-state index is 0.117. The van der Waals surface area contributed by atoms with E-state index in [9.17, 15) is 4.79 Å². The Morgan fingerprint density at radius 3 is 2.64 bits per heavy atom. The molecule has 0 aliphatic carbocycles. The molecule has 2 aromatic heterocycles. The normalized spacial score (nSPS) is 10.7.